The van der Waals surface area contributed by atoms with Gasteiger partial charge in [0.15, 0.2) is 11.5 Å². The summed E-state index contributed by atoms with van der Waals surface area (Å²) in [4.78, 5) is 28.5. The van der Waals surface area contributed by atoms with Crippen LogP contribution in [0, 0.1) is 6.92 Å². The standard InChI is InChI=1S/C29H38N6O3/c1-22-7-9-23(10-8-22)32-29(36)35-16-14-34(15-17-35)28-24-19-26(37-2)27(20-25(24)30-21-31-28)38-18-6-13-33-11-4-3-5-12-33/h7-10,19-21H,3-6,11-18H2,1-2H3,(H,32,36). The zero-order chi connectivity index (χ0) is 26.3. The molecule has 3 aromatic rings. The third-order valence-corrected chi connectivity index (χ3v) is 7.39. The lowest BCUT2D eigenvalue weighted by molar-refractivity contribution is 0.203. The molecule has 0 unspecified atom stereocenters. The Balaban J connectivity index is 1.21. The molecule has 5 rings (SSSR count). The van der Waals surface area contributed by atoms with Gasteiger partial charge in [0, 0.05) is 49.9 Å². The smallest absolute Gasteiger partial charge is 0.321 e. The van der Waals surface area contributed by atoms with E-state index in [0.29, 0.717) is 44.3 Å². The molecule has 0 radical (unpaired) electrons. The maximum atomic E-state index is 12.8. The van der Waals surface area contributed by atoms with E-state index in [4.69, 9.17) is 9.47 Å². The van der Waals surface area contributed by atoms with E-state index in [1.807, 2.05) is 48.2 Å². The zero-order valence-electron chi connectivity index (χ0n) is 22.5. The quantitative estimate of drug-likeness (QED) is 0.438. The van der Waals surface area contributed by atoms with Gasteiger partial charge in [-0.05, 0) is 57.5 Å². The Morgan fingerprint density at radius 3 is 2.45 bits per heavy atom. The highest BCUT2D eigenvalue weighted by atomic mass is 16.5. The highest BCUT2D eigenvalue weighted by Crippen LogP contribution is 2.35. The van der Waals surface area contributed by atoms with Crippen LogP contribution in [0.4, 0.5) is 16.3 Å². The van der Waals surface area contributed by atoms with Crippen molar-refractivity contribution in [1.29, 1.82) is 0 Å². The fourth-order valence-corrected chi connectivity index (χ4v) is 5.19. The van der Waals surface area contributed by atoms with Gasteiger partial charge < -0.3 is 29.5 Å². The fraction of sp³-hybridized carbons (Fsp3) is 0.483. The number of rotatable bonds is 8. The van der Waals surface area contributed by atoms with Crippen molar-refractivity contribution < 1.29 is 14.3 Å². The van der Waals surface area contributed by atoms with Crippen LogP contribution < -0.4 is 19.7 Å². The molecule has 2 amide bonds. The van der Waals surface area contributed by atoms with Crippen LogP contribution in [-0.2, 0) is 0 Å². The van der Waals surface area contributed by atoms with Crippen LogP contribution in [0.5, 0.6) is 11.5 Å². The first-order valence-electron chi connectivity index (χ1n) is 13.7. The molecule has 2 aliphatic heterocycles. The molecule has 2 aliphatic rings. The van der Waals surface area contributed by atoms with E-state index in [1.54, 1.807) is 13.4 Å². The van der Waals surface area contributed by atoms with E-state index in [0.717, 1.165) is 40.9 Å². The van der Waals surface area contributed by atoms with Gasteiger partial charge in [0.1, 0.15) is 12.1 Å². The third-order valence-electron chi connectivity index (χ3n) is 7.39. The van der Waals surface area contributed by atoms with Crippen LogP contribution in [-0.4, -0.2) is 85.3 Å². The summed E-state index contributed by atoms with van der Waals surface area (Å²) in [6, 6.07) is 11.7. The first-order chi connectivity index (χ1) is 18.6. The molecule has 1 N–H and O–H groups in total. The SMILES string of the molecule is COc1cc2c(N3CCN(C(=O)Nc4ccc(C)cc4)CC3)ncnc2cc1OCCCN1CCCCC1. The van der Waals surface area contributed by atoms with Crippen molar-refractivity contribution in [2.75, 3.05) is 69.7 Å². The van der Waals surface area contributed by atoms with E-state index >= 15 is 0 Å². The first kappa shape index (κ1) is 26.0. The minimum absolute atomic E-state index is 0.0789. The lowest BCUT2D eigenvalue weighted by Crippen LogP contribution is -2.50. The number of nitrogens with one attached hydrogen (secondary N) is 1. The number of likely N-dealkylation sites (tertiary alicyclic amines) is 1. The number of methoxy groups -OCH3 is 1. The molecular formula is C29H38N6O3. The van der Waals surface area contributed by atoms with Gasteiger partial charge in [0.25, 0.3) is 0 Å². The summed E-state index contributed by atoms with van der Waals surface area (Å²) < 4.78 is 11.8. The van der Waals surface area contributed by atoms with Crippen molar-refractivity contribution in [1.82, 2.24) is 19.8 Å². The molecule has 9 nitrogen and oxygen atoms in total. The molecule has 2 fully saturated rings. The second kappa shape index (κ2) is 12.3. The largest absolute Gasteiger partial charge is 0.493 e. The van der Waals surface area contributed by atoms with Gasteiger partial charge in [0.2, 0.25) is 0 Å². The second-order valence-electron chi connectivity index (χ2n) is 10.1. The summed E-state index contributed by atoms with van der Waals surface area (Å²) in [6.07, 6.45) is 6.54. The highest BCUT2D eigenvalue weighted by molar-refractivity contribution is 5.92. The molecule has 0 spiro atoms. The first-order valence-corrected chi connectivity index (χ1v) is 13.7. The van der Waals surface area contributed by atoms with Gasteiger partial charge in [0.05, 0.1) is 19.2 Å². The number of anilines is 2. The Labute approximate surface area is 224 Å². The second-order valence-corrected chi connectivity index (χ2v) is 10.1. The van der Waals surface area contributed by atoms with Gasteiger partial charge in [-0.25, -0.2) is 14.8 Å². The molecule has 202 valence electrons. The van der Waals surface area contributed by atoms with E-state index < -0.39 is 0 Å². The van der Waals surface area contributed by atoms with E-state index in [1.165, 1.54) is 32.4 Å². The molecule has 38 heavy (non-hydrogen) atoms. The van der Waals surface area contributed by atoms with Crippen molar-refractivity contribution in [2.45, 2.75) is 32.6 Å². The minimum atomic E-state index is -0.0789. The predicted molar refractivity (Wildman–Crippen MR) is 150 cm³/mol. The monoisotopic (exact) mass is 518 g/mol. The number of amides is 2. The summed E-state index contributed by atoms with van der Waals surface area (Å²) in [5, 5.41) is 3.91. The van der Waals surface area contributed by atoms with Crippen molar-refractivity contribution in [3.8, 4) is 11.5 Å². The van der Waals surface area contributed by atoms with Crippen molar-refractivity contribution in [3.63, 3.8) is 0 Å². The number of piperidine rings is 1. The third kappa shape index (κ3) is 6.27. The minimum Gasteiger partial charge on any atom is -0.493 e. The number of hydrogen-bond acceptors (Lipinski definition) is 7. The summed E-state index contributed by atoms with van der Waals surface area (Å²) in [6.45, 7) is 8.73. The molecule has 2 saturated heterocycles. The number of aromatic nitrogens is 2. The van der Waals surface area contributed by atoms with Gasteiger partial charge in [-0.2, -0.15) is 0 Å². The van der Waals surface area contributed by atoms with Crippen LogP contribution in [0.3, 0.4) is 0 Å². The van der Waals surface area contributed by atoms with Gasteiger partial charge in [-0.15, -0.1) is 0 Å². The van der Waals surface area contributed by atoms with E-state index in [2.05, 4.69) is 25.1 Å². The number of benzene rings is 2. The normalized spacial score (nSPS) is 16.5. The summed E-state index contributed by atoms with van der Waals surface area (Å²) in [5.74, 6) is 2.24. The van der Waals surface area contributed by atoms with Crippen LogP contribution in [0.2, 0.25) is 0 Å². The molecule has 0 aliphatic carbocycles. The molecule has 9 heteroatoms. The number of piperazine rings is 1. The molecular weight excluding hydrogens is 480 g/mol. The molecule has 0 saturated carbocycles. The summed E-state index contributed by atoms with van der Waals surface area (Å²) in [5.41, 5.74) is 2.79. The van der Waals surface area contributed by atoms with Gasteiger partial charge in [-0.3, -0.25) is 0 Å². The number of carbonyl (C=O) groups is 1. The summed E-state index contributed by atoms with van der Waals surface area (Å²) in [7, 11) is 1.66. The van der Waals surface area contributed by atoms with Crippen LogP contribution in [0.1, 0.15) is 31.2 Å². The molecule has 2 aromatic carbocycles. The number of carbonyl (C=O) groups excluding carboxylic acids is 1. The predicted octanol–water partition coefficient (Wildman–Crippen LogP) is 4.56. The lowest BCUT2D eigenvalue weighted by atomic mass is 10.1. The van der Waals surface area contributed by atoms with E-state index in [9.17, 15) is 4.79 Å². The van der Waals surface area contributed by atoms with Crippen molar-refractivity contribution >= 4 is 28.4 Å². The topological polar surface area (TPSA) is 83.1 Å². The number of fused-ring (bicyclic) bond motifs is 1. The lowest BCUT2D eigenvalue weighted by Gasteiger charge is -2.35. The van der Waals surface area contributed by atoms with Crippen molar-refractivity contribution in [3.05, 3.63) is 48.3 Å². The van der Waals surface area contributed by atoms with Crippen LogP contribution in [0.15, 0.2) is 42.7 Å². The number of ether oxygens (including phenoxy) is 2. The Kier molecular flexibility index (Phi) is 8.43. The Hall–Kier alpha value is -3.59. The van der Waals surface area contributed by atoms with Gasteiger partial charge in [-0.1, -0.05) is 24.1 Å². The van der Waals surface area contributed by atoms with Crippen molar-refractivity contribution in [2.24, 2.45) is 0 Å². The molecule has 0 bridgehead atoms. The average Bonchev–Trinajstić information content (AvgIpc) is 2.96. The fourth-order valence-electron chi connectivity index (χ4n) is 5.19. The number of hydrogen-bond donors (Lipinski definition) is 1. The summed E-state index contributed by atoms with van der Waals surface area (Å²) >= 11 is 0. The number of urea groups is 1. The molecule has 3 heterocycles. The number of nitrogens with zero attached hydrogens (tertiary/aromatic N) is 5. The number of aryl methyl sites for hydroxylation is 1. The molecule has 1 aromatic heterocycles. The Morgan fingerprint density at radius 2 is 1.71 bits per heavy atom. The Bertz CT molecular complexity index is 1220. The van der Waals surface area contributed by atoms with E-state index in [-0.39, 0.29) is 6.03 Å². The van der Waals surface area contributed by atoms with Gasteiger partial charge >= 0.3 is 6.03 Å². The maximum absolute atomic E-state index is 12.8. The van der Waals surface area contributed by atoms with Crippen LogP contribution in [0.25, 0.3) is 10.9 Å². The highest BCUT2D eigenvalue weighted by Gasteiger charge is 2.24. The maximum Gasteiger partial charge on any atom is 0.321 e. The van der Waals surface area contributed by atoms with Crippen LogP contribution >= 0.6 is 0 Å². The average molecular weight is 519 g/mol. The molecule has 0 atom stereocenters. The Morgan fingerprint density at radius 1 is 0.947 bits per heavy atom. The zero-order valence-corrected chi connectivity index (χ0v) is 22.5.